The van der Waals surface area contributed by atoms with Crippen LogP contribution in [-0.4, -0.2) is 42.7 Å². The second kappa shape index (κ2) is 5.38. The van der Waals surface area contributed by atoms with Crippen LogP contribution in [0.2, 0.25) is 5.15 Å². The van der Waals surface area contributed by atoms with Crippen molar-refractivity contribution in [3.05, 3.63) is 16.3 Å². The molecule has 1 unspecified atom stereocenters. The number of methoxy groups -OCH3 is 1. The predicted molar refractivity (Wildman–Crippen MR) is 70.2 cm³/mol. The molecule has 1 aromatic rings. The maximum atomic E-state index is 5.92. The molecule has 0 saturated carbocycles. The Balaban J connectivity index is 2.08. The average molecular weight is 272 g/mol. The zero-order valence-electron chi connectivity index (χ0n) is 10.9. The van der Waals surface area contributed by atoms with Gasteiger partial charge < -0.3 is 14.8 Å². The lowest BCUT2D eigenvalue weighted by atomic mass is 10.0. The molecule has 18 heavy (non-hydrogen) atoms. The standard InChI is InChI=1S/C12H18ClN3O2/c1-8-9(2)11(16-15-10(8)13)14-6-12(17-3)4-5-18-7-12/h4-7H2,1-3H3,(H,14,16). The molecule has 6 heteroatoms. The molecule has 1 fully saturated rings. The van der Waals surface area contributed by atoms with Gasteiger partial charge in [0.25, 0.3) is 0 Å². The highest BCUT2D eigenvalue weighted by atomic mass is 35.5. The first kappa shape index (κ1) is 13.5. The van der Waals surface area contributed by atoms with Crippen LogP contribution in [0, 0.1) is 13.8 Å². The molecular weight excluding hydrogens is 254 g/mol. The van der Waals surface area contributed by atoms with Crippen molar-refractivity contribution in [3.63, 3.8) is 0 Å². The number of anilines is 1. The molecular formula is C12H18ClN3O2. The fourth-order valence-electron chi connectivity index (χ4n) is 1.95. The Morgan fingerprint density at radius 2 is 2.17 bits per heavy atom. The summed E-state index contributed by atoms with van der Waals surface area (Å²) in [6.45, 7) is 5.90. The van der Waals surface area contributed by atoms with E-state index in [-0.39, 0.29) is 5.60 Å². The van der Waals surface area contributed by atoms with Crippen LogP contribution < -0.4 is 5.32 Å². The lowest BCUT2D eigenvalue weighted by Gasteiger charge is -2.26. The highest BCUT2D eigenvalue weighted by Crippen LogP contribution is 2.25. The van der Waals surface area contributed by atoms with Crippen LogP contribution in [-0.2, 0) is 9.47 Å². The number of nitrogens with one attached hydrogen (secondary N) is 1. The number of hydrogen-bond donors (Lipinski definition) is 1. The maximum Gasteiger partial charge on any atom is 0.155 e. The van der Waals surface area contributed by atoms with Crippen molar-refractivity contribution in [2.75, 3.05) is 32.2 Å². The molecule has 5 nitrogen and oxygen atoms in total. The van der Waals surface area contributed by atoms with E-state index in [9.17, 15) is 0 Å². The van der Waals surface area contributed by atoms with Crippen LogP contribution in [0.4, 0.5) is 5.82 Å². The van der Waals surface area contributed by atoms with E-state index in [1.54, 1.807) is 7.11 Å². The van der Waals surface area contributed by atoms with E-state index in [4.69, 9.17) is 21.1 Å². The van der Waals surface area contributed by atoms with Gasteiger partial charge in [0.15, 0.2) is 11.0 Å². The number of aromatic nitrogens is 2. The summed E-state index contributed by atoms with van der Waals surface area (Å²) < 4.78 is 10.9. The van der Waals surface area contributed by atoms with Crippen molar-refractivity contribution in [1.29, 1.82) is 0 Å². The topological polar surface area (TPSA) is 56.3 Å². The van der Waals surface area contributed by atoms with Gasteiger partial charge in [-0.3, -0.25) is 0 Å². The van der Waals surface area contributed by atoms with E-state index in [0.29, 0.717) is 18.3 Å². The van der Waals surface area contributed by atoms with Gasteiger partial charge in [0, 0.05) is 26.7 Å². The summed E-state index contributed by atoms with van der Waals surface area (Å²) in [5, 5.41) is 11.7. The number of nitrogens with zero attached hydrogens (tertiary/aromatic N) is 2. The monoisotopic (exact) mass is 271 g/mol. The maximum absolute atomic E-state index is 5.92. The quantitative estimate of drug-likeness (QED) is 0.907. The van der Waals surface area contributed by atoms with Crippen LogP contribution in [0.5, 0.6) is 0 Å². The van der Waals surface area contributed by atoms with Crippen molar-refractivity contribution in [2.24, 2.45) is 0 Å². The van der Waals surface area contributed by atoms with Crippen molar-refractivity contribution < 1.29 is 9.47 Å². The van der Waals surface area contributed by atoms with Gasteiger partial charge in [-0.1, -0.05) is 11.6 Å². The highest BCUT2D eigenvalue weighted by molar-refractivity contribution is 6.30. The van der Waals surface area contributed by atoms with E-state index >= 15 is 0 Å². The first-order chi connectivity index (χ1) is 8.58. The fourth-order valence-corrected chi connectivity index (χ4v) is 2.13. The Labute approximate surface area is 112 Å². The Morgan fingerprint density at radius 3 is 2.78 bits per heavy atom. The summed E-state index contributed by atoms with van der Waals surface area (Å²) in [7, 11) is 1.71. The van der Waals surface area contributed by atoms with Gasteiger partial charge in [0.1, 0.15) is 5.60 Å². The van der Waals surface area contributed by atoms with Gasteiger partial charge in [-0.05, 0) is 25.0 Å². The van der Waals surface area contributed by atoms with E-state index in [1.165, 1.54) is 0 Å². The molecule has 0 aliphatic carbocycles. The Morgan fingerprint density at radius 1 is 1.39 bits per heavy atom. The summed E-state index contributed by atoms with van der Waals surface area (Å²) in [6.07, 6.45) is 0.884. The molecule has 2 rings (SSSR count). The molecule has 1 atom stereocenters. The molecule has 1 aromatic heterocycles. The van der Waals surface area contributed by atoms with Crippen LogP contribution in [0.3, 0.4) is 0 Å². The van der Waals surface area contributed by atoms with Gasteiger partial charge in [-0.2, -0.15) is 0 Å². The SMILES string of the molecule is COC1(CNc2nnc(Cl)c(C)c2C)CCOC1. The van der Waals surface area contributed by atoms with Gasteiger partial charge in [-0.25, -0.2) is 0 Å². The summed E-state index contributed by atoms with van der Waals surface area (Å²) in [5.74, 6) is 0.750. The second-order valence-corrected chi connectivity index (χ2v) is 4.99. The fraction of sp³-hybridized carbons (Fsp3) is 0.667. The third-order valence-electron chi connectivity index (χ3n) is 3.54. The van der Waals surface area contributed by atoms with Gasteiger partial charge in [-0.15, -0.1) is 10.2 Å². The van der Waals surface area contributed by atoms with Gasteiger partial charge in [0.2, 0.25) is 0 Å². The summed E-state index contributed by atoms with van der Waals surface area (Å²) in [6, 6.07) is 0. The van der Waals surface area contributed by atoms with Gasteiger partial charge in [0.05, 0.1) is 6.61 Å². The van der Waals surface area contributed by atoms with E-state index in [0.717, 1.165) is 30.0 Å². The summed E-state index contributed by atoms with van der Waals surface area (Å²) in [4.78, 5) is 0. The van der Waals surface area contributed by atoms with E-state index in [2.05, 4.69) is 15.5 Å². The molecule has 0 amide bonds. The largest absolute Gasteiger partial charge is 0.378 e. The average Bonchev–Trinajstić information content (AvgIpc) is 2.85. The first-order valence-corrected chi connectivity index (χ1v) is 6.32. The van der Waals surface area contributed by atoms with E-state index in [1.807, 2.05) is 13.8 Å². The minimum atomic E-state index is -0.262. The molecule has 1 aliphatic rings. The van der Waals surface area contributed by atoms with Crippen molar-refractivity contribution >= 4 is 17.4 Å². The third kappa shape index (κ3) is 2.58. The third-order valence-corrected chi connectivity index (χ3v) is 3.90. The first-order valence-electron chi connectivity index (χ1n) is 5.94. The van der Waals surface area contributed by atoms with Crippen LogP contribution in [0.25, 0.3) is 0 Å². The zero-order valence-corrected chi connectivity index (χ0v) is 11.7. The number of ether oxygens (including phenoxy) is 2. The summed E-state index contributed by atoms with van der Waals surface area (Å²) >= 11 is 5.92. The number of rotatable bonds is 4. The predicted octanol–water partition coefficient (Wildman–Crippen LogP) is 1.96. The van der Waals surface area contributed by atoms with Crippen molar-refractivity contribution in [1.82, 2.24) is 10.2 Å². The lowest BCUT2D eigenvalue weighted by Crippen LogP contribution is -2.40. The minimum Gasteiger partial charge on any atom is -0.378 e. The minimum absolute atomic E-state index is 0.262. The van der Waals surface area contributed by atoms with Gasteiger partial charge >= 0.3 is 0 Å². The van der Waals surface area contributed by atoms with Crippen LogP contribution in [0.1, 0.15) is 17.5 Å². The van der Waals surface area contributed by atoms with Crippen molar-refractivity contribution in [3.8, 4) is 0 Å². The zero-order chi connectivity index (χ0) is 13.2. The Hall–Kier alpha value is -0.910. The normalized spacial score (nSPS) is 23.3. The Kier molecular flexibility index (Phi) is 4.04. The molecule has 0 aromatic carbocycles. The molecule has 0 radical (unpaired) electrons. The molecule has 100 valence electrons. The molecule has 0 spiro atoms. The number of halogens is 1. The molecule has 2 heterocycles. The van der Waals surface area contributed by atoms with Crippen LogP contribution in [0.15, 0.2) is 0 Å². The second-order valence-electron chi connectivity index (χ2n) is 4.63. The molecule has 1 saturated heterocycles. The lowest BCUT2D eigenvalue weighted by molar-refractivity contribution is -0.00627. The van der Waals surface area contributed by atoms with Crippen molar-refractivity contribution in [2.45, 2.75) is 25.9 Å². The smallest absolute Gasteiger partial charge is 0.155 e. The number of hydrogen-bond acceptors (Lipinski definition) is 5. The summed E-state index contributed by atoms with van der Waals surface area (Å²) in [5.41, 5.74) is 1.70. The molecule has 0 bridgehead atoms. The molecule has 1 aliphatic heterocycles. The molecule has 1 N–H and O–H groups in total. The Bertz CT molecular complexity index is 434. The highest BCUT2D eigenvalue weighted by Gasteiger charge is 2.35. The van der Waals surface area contributed by atoms with Crippen LogP contribution >= 0.6 is 11.6 Å². The van der Waals surface area contributed by atoms with E-state index < -0.39 is 0 Å².